The number of phenols is 3. The van der Waals surface area contributed by atoms with Crippen LogP contribution in [0.2, 0.25) is 0 Å². The normalized spacial score (nSPS) is 19.3. The Labute approximate surface area is 227 Å². The van der Waals surface area contributed by atoms with E-state index in [9.17, 15) is 35.4 Å². The van der Waals surface area contributed by atoms with Crippen LogP contribution in [0.5, 0.6) is 23.0 Å². The number of rotatable bonds is 5. The highest BCUT2D eigenvalue weighted by molar-refractivity contribution is 5.87. The van der Waals surface area contributed by atoms with E-state index in [1.807, 2.05) is 42.5 Å². The molecule has 4 aromatic carbocycles. The van der Waals surface area contributed by atoms with E-state index >= 15 is 0 Å². The Balaban J connectivity index is 1.41. The maximum absolute atomic E-state index is 13.0. The van der Waals surface area contributed by atoms with Gasteiger partial charge in [-0.05, 0) is 34.0 Å². The van der Waals surface area contributed by atoms with E-state index in [1.165, 1.54) is 18.2 Å². The predicted molar refractivity (Wildman–Crippen MR) is 146 cm³/mol. The van der Waals surface area contributed by atoms with Gasteiger partial charge in [-0.2, -0.15) is 0 Å². The maximum atomic E-state index is 13.0. The number of phenolic OH excluding ortho intramolecular Hbond substituents is 3. The van der Waals surface area contributed by atoms with Crippen molar-refractivity contribution in [2.45, 2.75) is 30.7 Å². The zero-order valence-corrected chi connectivity index (χ0v) is 21.1. The molecule has 0 unspecified atom stereocenters. The van der Waals surface area contributed by atoms with Gasteiger partial charge in [0.1, 0.15) is 51.9 Å². The molecule has 204 valence electrons. The van der Waals surface area contributed by atoms with E-state index < -0.39 is 35.6 Å². The Kier molecular flexibility index (Phi) is 6.14. The Morgan fingerprint density at radius 2 is 1.65 bits per heavy atom. The summed E-state index contributed by atoms with van der Waals surface area (Å²) < 4.78 is 12.0. The van der Waals surface area contributed by atoms with E-state index in [0.717, 1.165) is 28.5 Å². The number of aliphatic hydroxyl groups is 3. The second-order valence-corrected chi connectivity index (χ2v) is 10.2. The Morgan fingerprint density at radius 1 is 0.925 bits per heavy atom. The maximum Gasteiger partial charge on any atom is 0.196 e. The summed E-state index contributed by atoms with van der Waals surface area (Å²) in [6.07, 6.45) is -2.64. The van der Waals surface area contributed by atoms with Gasteiger partial charge in [-0.1, -0.05) is 42.5 Å². The molecule has 0 saturated heterocycles. The number of benzene rings is 4. The average Bonchev–Trinajstić information content (AvgIpc) is 2.92. The van der Waals surface area contributed by atoms with Crippen molar-refractivity contribution in [3.63, 3.8) is 0 Å². The molecule has 0 saturated carbocycles. The first-order valence-electron chi connectivity index (χ1n) is 12.7. The van der Waals surface area contributed by atoms with Gasteiger partial charge in [0.25, 0.3) is 0 Å². The highest BCUT2D eigenvalue weighted by Crippen LogP contribution is 2.43. The fourth-order valence-electron chi connectivity index (χ4n) is 5.41. The quantitative estimate of drug-likeness (QED) is 0.196. The second-order valence-electron chi connectivity index (χ2n) is 10.2. The molecule has 0 aliphatic carbocycles. The molecule has 5 aromatic rings. The van der Waals surface area contributed by atoms with Gasteiger partial charge in [0.05, 0.1) is 6.61 Å². The Bertz CT molecular complexity index is 1810. The molecule has 40 heavy (non-hydrogen) atoms. The number of aromatic hydroxyl groups is 3. The summed E-state index contributed by atoms with van der Waals surface area (Å²) in [5.41, 5.74) is -1.07. The van der Waals surface area contributed by atoms with Gasteiger partial charge in [0.2, 0.25) is 0 Å². The van der Waals surface area contributed by atoms with Crippen LogP contribution in [-0.4, -0.2) is 49.0 Å². The first-order chi connectivity index (χ1) is 19.2. The Hall–Kier alpha value is -4.57. The first kappa shape index (κ1) is 25.7. The van der Waals surface area contributed by atoms with Crippen molar-refractivity contribution in [1.29, 1.82) is 0 Å². The third-order valence-corrected chi connectivity index (χ3v) is 7.49. The van der Waals surface area contributed by atoms with Gasteiger partial charge >= 0.3 is 0 Å². The molecular formula is C31H26O9. The number of ether oxygens (including phenoxy) is 1. The van der Waals surface area contributed by atoms with Crippen molar-refractivity contribution in [2.75, 3.05) is 6.61 Å². The summed E-state index contributed by atoms with van der Waals surface area (Å²) in [5, 5.41) is 64.8. The number of hydrogen-bond donors (Lipinski definition) is 6. The fourth-order valence-corrected chi connectivity index (χ4v) is 5.41. The lowest BCUT2D eigenvalue weighted by Gasteiger charge is -2.41. The summed E-state index contributed by atoms with van der Waals surface area (Å²) in [4.78, 5) is 13.0. The molecule has 1 aliphatic heterocycles. The van der Waals surface area contributed by atoms with Crippen LogP contribution in [0.25, 0.3) is 21.7 Å². The van der Waals surface area contributed by atoms with Crippen molar-refractivity contribution in [2.24, 2.45) is 0 Å². The van der Waals surface area contributed by atoms with Gasteiger partial charge in [0, 0.05) is 36.6 Å². The third kappa shape index (κ3) is 4.30. The summed E-state index contributed by atoms with van der Waals surface area (Å²) >= 11 is 0. The molecule has 1 aliphatic rings. The van der Waals surface area contributed by atoms with Crippen LogP contribution < -0.4 is 10.2 Å². The minimum Gasteiger partial charge on any atom is -0.508 e. The SMILES string of the molecule is O=c1cc([C@H](O)c2cc(O)cc(O)c2)oc2cc3c(c(O)c12)C[C@@H](O)[C@](CO)(Cc1ccc2ccccc2c1)O3. The van der Waals surface area contributed by atoms with Gasteiger partial charge in [0.15, 0.2) is 11.0 Å². The van der Waals surface area contributed by atoms with Crippen LogP contribution in [0, 0.1) is 0 Å². The predicted octanol–water partition coefficient (Wildman–Crippen LogP) is 3.41. The van der Waals surface area contributed by atoms with E-state index in [2.05, 4.69) is 0 Å². The van der Waals surface area contributed by atoms with Crippen LogP contribution in [0.1, 0.15) is 28.6 Å². The van der Waals surface area contributed by atoms with E-state index in [1.54, 1.807) is 0 Å². The van der Waals surface area contributed by atoms with Crippen molar-refractivity contribution < 1.29 is 39.8 Å². The molecule has 9 heteroatoms. The topological polar surface area (TPSA) is 161 Å². The zero-order chi connectivity index (χ0) is 28.2. The molecule has 0 radical (unpaired) electrons. The highest BCUT2D eigenvalue weighted by atomic mass is 16.5. The van der Waals surface area contributed by atoms with Gasteiger partial charge < -0.3 is 39.8 Å². The molecule has 1 aromatic heterocycles. The monoisotopic (exact) mass is 542 g/mol. The third-order valence-electron chi connectivity index (χ3n) is 7.49. The van der Waals surface area contributed by atoms with E-state index in [4.69, 9.17) is 9.15 Å². The van der Waals surface area contributed by atoms with E-state index in [-0.39, 0.29) is 57.9 Å². The lowest BCUT2D eigenvalue weighted by atomic mass is 9.82. The first-order valence-corrected chi connectivity index (χ1v) is 12.7. The Morgan fingerprint density at radius 3 is 2.38 bits per heavy atom. The second kappa shape index (κ2) is 9.56. The minimum atomic E-state index is -1.51. The molecule has 0 bridgehead atoms. The number of aliphatic hydroxyl groups excluding tert-OH is 3. The standard InChI is InChI=1S/C31H26O9/c32-15-31(14-16-5-6-17-3-1-2-4-18(17)7-16)27(36)11-22-24(40-31)13-25-28(30(22)38)23(35)12-26(39-25)29(37)19-8-20(33)10-21(34)9-19/h1-10,12-13,27,29,32-34,36-38H,11,14-15H2/t27-,29-,31-/m1/s1. The molecule has 0 spiro atoms. The van der Waals surface area contributed by atoms with Crippen molar-refractivity contribution >= 4 is 21.7 Å². The van der Waals surface area contributed by atoms with Gasteiger partial charge in [-0.25, -0.2) is 0 Å². The molecule has 0 amide bonds. The summed E-state index contributed by atoms with van der Waals surface area (Å²) in [6.45, 7) is -0.525. The van der Waals surface area contributed by atoms with E-state index in [0.29, 0.717) is 0 Å². The van der Waals surface area contributed by atoms with Crippen molar-refractivity contribution in [3.05, 3.63) is 105 Å². The van der Waals surface area contributed by atoms with Crippen LogP contribution >= 0.6 is 0 Å². The molecule has 9 nitrogen and oxygen atoms in total. The van der Waals surface area contributed by atoms with Crippen LogP contribution in [0.15, 0.2) is 82.0 Å². The number of fused-ring (bicyclic) bond motifs is 3. The lowest BCUT2D eigenvalue weighted by molar-refractivity contribution is -0.0961. The molecule has 3 atom stereocenters. The molecule has 0 fully saturated rings. The average molecular weight is 543 g/mol. The molecule has 2 heterocycles. The largest absolute Gasteiger partial charge is 0.508 e. The lowest BCUT2D eigenvalue weighted by Crippen LogP contribution is -2.55. The minimum absolute atomic E-state index is 0.0798. The molecule has 6 N–H and O–H groups in total. The summed E-state index contributed by atoms with van der Waals surface area (Å²) in [5.74, 6) is -1.07. The fraction of sp³-hybridized carbons (Fsp3) is 0.194. The summed E-state index contributed by atoms with van der Waals surface area (Å²) in [6, 6.07) is 19.5. The molecular weight excluding hydrogens is 516 g/mol. The summed E-state index contributed by atoms with van der Waals surface area (Å²) in [7, 11) is 0. The highest BCUT2D eigenvalue weighted by Gasteiger charge is 2.45. The van der Waals surface area contributed by atoms with Crippen LogP contribution in [-0.2, 0) is 12.8 Å². The molecule has 6 rings (SSSR count). The smallest absolute Gasteiger partial charge is 0.196 e. The van der Waals surface area contributed by atoms with Crippen molar-refractivity contribution in [3.8, 4) is 23.0 Å². The van der Waals surface area contributed by atoms with Crippen molar-refractivity contribution in [1.82, 2.24) is 0 Å². The van der Waals surface area contributed by atoms with Crippen LogP contribution in [0.3, 0.4) is 0 Å². The van der Waals surface area contributed by atoms with Gasteiger partial charge in [-0.3, -0.25) is 4.79 Å². The van der Waals surface area contributed by atoms with Gasteiger partial charge in [-0.15, -0.1) is 0 Å². The number of hydrogen-bond acceptors (Lipinski definition) is 9. The van der Waals surface area contributed by atoms with Crippen LogP contribution in [0.4, 0.5) is 0 Å². The zero-order valence-electron chi connectivity index (χ0n) is 21.1.